The van der Waals surface area contributed by atoms with Crippen LogP contribution in [0.2, 0.25) is 0 Å². The van der Waals surface area contributed by atoms with Gasteiger partial charge in [-0.15, -0.1) is 0 Å². The first-order valence-electron chi connectivity index (χ1n) is 5.56. The average molecular weight is 281 g/mol. The number of oxazole rings is 1. The van der Waals surface area contributed by atoms with Crippen molar-refractivity contribution in [1.29, 1.82) is 0 Å². The smallest absolute Gasteiger partial charge is 0.298 e. The predicted octanol–water partition coefficient (Wildman–Crippen LogP) is 3.19. The maximum atomic E-state index is 5.78. The van der Waals surface area contributed by atoms with Crippen LogP contribution in [0.25, 0.3) is 11.1 Å². The molecule has 1 aliphatic rings. The number of benzene rings is 1. The minimum atomic E-state index is 0.521. The zero-order valence-electron chi connectivity index (χ0n) is 8.90. The zero-order chi connectivity index (χ0) is 11.0. The number of hydrogen-bond donors (Lipinski definition) is 0. The summed E-state index contributed by atoms with van der Waals surface area (Å²) >= 11 is 3.55. The molecule has 0 unspecified atom stereocenters. The number of anilines is 1. The molecule has 0 radical (unpaired) electrons. The second-order valence-corrected chi connectivity index (χ2v) is 4.76. The summed E-state index contributed by atoms with van der Waals surface area (Å²) in [4.78, 5) is 6.79. The molecule has 2 heterocycles. The summed E-state index contributed by atoms with van der Waals surface area (Å²) in [6.07, 6.45) is 2.43. The molecule has 0 aliphatic carbocycles. The second-order valence-electron chi connectivity index (χ2n) is 4.11. The number of aromatic nitrogens is 1. The molecule has 4 heteroatoms. The van der Waals surface area contributed by atoms with Crippen LogP contribution in [0.3, 0.4) is 0 Å². The van der Waals surface area contributed by atoms with Crippen LogP contribution in [0.4, 0.5) is 6.01 Å². The van der Waals surface area contributed by atoms with Gasteiger partial charge in [0.1, 0.15) is 5.52 Å². The number of nitrogens with zero attached hydrogens (tertiary/aromatic N) is 2. The van der Waals surface area contributed by atoms with Crippen LogP contribution >= 0.6 is 15.9 Å². The molecule has 84 valence electrons. The van der Waals surface area contributed by atoms with Crippen molar-refractivity contribution in [2.45, 2.75) is 18.9 Å². The number of halogens is 1. The lowest BCUT2D eigenvalue weighted by Crippen LogP contribution is -2.30. The maximum absolute atomic E-state index is 5.78. The van der Waals surface area contributed by atoms with E-state index in [1.54, 1.807) is 0 Å². The SMILES string of the molecule is BrC[C@@H]1CCCN1c1nc2ccccc2o1. The first kappa shape index (κ1) is 10.1. The van der Waals surface area contributed by atoms with Crippen molar-refractivity contribution in [1.82, 2.24) is 4.98 Å². The molecule has 0 bridgehead atoms. The largest absolute Gasteiger partial charge is 0.423 e. The van der Waals surface area contributed by atoms with Gasteiger partial charge in [-0.05, 0) is 25.0 Å². The Morgan fingerprint density at radius 3 is 3.12 bits per heavy atom. The van der Waals surface area contributed by atoms with Crippen LogP contribution in [0.15, 0.2) is 28.7 Å². The van der Waals surface area contributed by atoms with Crippen molar-refractivity contribution in [2.75, 3.05) is 16.8 Å². The monoisotopic (exact) mass is 280 g/mol. The number of fused-ring (bicyclic) bond motifs is 1. The van der Waals surface area contributed by atoms with E-state index >= 15 is 0 Å². The molecule has 2 aromatic rings. The Bertz CT molecular complexity index is 463. The molecule has 1 aromatic heterocycles. The molecule has 1 aliphatic heterocycles. The molecular formula is C12H13BrN2O. The quantitative estimate of drug-likeness (QED) is 0.792. The third-order valence-corrected chi connectivity index (χ3v) is 3.83. The van der Waals surface area contributed by atoms with Gasteiger partial charge in [0.05, 0.1) is 0 Å². The van der Waals surface area contributed by atoms with Gasteiger partial charge in [0.15, 0.2) is 5.58 Å². The molecule has 1 aromatic carbocycles. The van der Waals surface area contributed by atoms with E-state index in [0.29, 0.717) is 6.04 Å². The van der Waals surface area contributed by atoms with Gasteiger partial charge >= 0.3 is 0 Å². The lowest BCUT2D eigenvalue weighted by molar-refractivity contribution is 0.564. The van der Waals surface area contributed by atoms with Gasteiger partial charge in [0.25, 0.3) is 6.01 Å². The fourth-order valence-corrected chi connectivity index (χ4v) is 2.90. The van der Waals surface area contributed by atoms with E-state index in [-0.39, 0.29) is 0 Å². The fraction of sp³-hybridized carbons (Fsp3) is 0.417. The number of hydrogen-bond acceptors (Lipinski definition) is 3. The highest BCUT2D eigenvalue weighted by atomic mass is 79.9. The molecule has 1 atom stereocenters. The van der Waals surface area contributed by atoms with Gasteiger partial charge in [-0.2, -0.15) is 4.98 Å². The highest BCUT2D eigenvalue weighted by molar-refractivity contribution is 9.09. The Morgan fingerprint density at radius 1 is 1.44 bits per heavy atom. The highest BCUT2D eigenvalue weighted by Gasteiger charge is 2.27. The summed E-state index contributed by atoms with van der Waals surface area (Å²) in [5.41, 5.74) is 1.82. The van der Waals surface area contributed by atoms with E-state index in [2.05, 4.69) is 25.8 Å². The van der Waals surface area contributed by atoms with Crippen molar-refractivity contribution < 1.29 is 4.42 Å². The van der Waals surface area contributed by atoms with Crippen molar-refractivity contribution in [3.8, 4) is 0 Å². The molecule has 16 heavy (non-hydrogen) atoms. The van der Waals surface area contributed by atoms with E-state index in [4.69, 9.17) is 4.42 Å². The Balaban J connectivity index is 1.99. The summed E-state index contributed by atoms with van der Waals surface area (Å²) in [6, 6.07) is 9.20. The third-order valence-electron chi connectivity index (χ3n) is 3.08. The van der Waals surface area contributed by atoms with Gasteiger partial charge in [-0.3, -0.25) is 0 Å². The molecular weight excluding hydrogens is 268 g/mol. The molecule has 3 nitrogen and oxygen atoms in total. The molecule has 0 N–H and O–H groups in total. The van der Waals surface area contributed by atoms with Crippen LogP contribution in [0.1, 0.15) is 12.8 Å². The molecule has 1 saturated heterocycles. The maximum Gasteiger partial charge on any atom is 0.298 e. The Kier molecular flexibility index (Phi) is 2.59. The normalized spacial score (nSPS) is 20.8. The van der Waals surface area contributed by atoms with Gasteiger partial charge in [0, 0.05) is 17.9 Å². The summed E-state index contributed by atoms with van der Waals surface area (Å²) < 4.78 is 5.78. The van der Waals surface area contributed by atoms with E-state index < -0.39 is 0 Å². The van der Waals surface area contributed by atoms with Crippen LogP contribution in [0.5, 0.6) is 0 Å². The molecule has 1 fully saturated rings. The molecule has 0 amide bonds. The highest BCUT2D eigenvalue weighted by Crippen LogP contribution is 2.28. The molecule has 3 rings (SSSR count). The predicted molar refractivity (Wildman–Crippen MR) is 68.2 cm³/mol. The van der Waals surface area contributed by atoms with Gasteiger partial charge in [-0.25, -0.2) is 0 Å². The zero-order valence-corrected chi connectivity index (χ0v) is 10.5. The Labute approximate surface area is 103 Å². The minimum absolute atomic E-state index is 0.521. The number of alkyl halides is 1. The second kappa shape index (κ2) is 4.09. The summed E-state index contributed by atoms with van der Waals surface area (Å²) in [5.74, 6) is 0. The van der Waals surface area contributed by atoms with Crippen LogP contribution in [-0.4, -0.2) is 22.9 Å². The van der Waals surface area contributed by atoms with Crippen molar-refractivity contribution in [3.05, 3.63) is 24.3 Å². The van der Waals surface area contributed by atoms with Crippen molar-refractivity contribution >= 4 is 33.0 Å². The van der Waals surface area contributed by atoms with Gasteiger partial charge < -0.3 is 9.32 Å². The van der Waals surface area contributed by atoms with Gasteiger partial charge in [-0.1, -0.05) is 28.1 Å². The first-order valence-corrected chi connectivity index (χ1v) is 6.69. The van der Waals surface area contributed by atoms with E-state index in [1.807, 2.05) is 24.3 Å². The Hall–Kier alpha value is -1.03. The van der Waals surface area contributed by atoms with E-state index in [0.717, 1.165) is 29.0 Å². The summed E-state index contributed by atoms with van der Waals surface area (Å²) in [6.45, 7) is 1.04. The number of rotatable bonds is 2. The van der Waals surface area contributed by atoms with Crippen LogP contribution in [0, 0.1) is 0 Å². The van der Waals surface area contributed by atoms with E-state index in [9.17, 15) is 0 Å². The summed E-state index contributed by atoms with van der Waals surface area (Å²) in [7, 11) is 0. The third kappa shape index (κ3) is 1.61. The summed E-state index contributed by atoms with van der Waals surface area (Å²) in [5, 5.41) is 0.978. The topological polar surface area (TPSA) is 29.3 Å². The molecule has 0 spiro atoms. The van der Waals surface area contributed by atoms with Gasteiger partial charge in [0.2, 0.25) is 0 Å². The number of para-hydroxylation sites is 2. The first-order chi connectivity index (χ1) is 7.88. The van der Waals surface area contributed by atoms with Crippen LogP contribution in [-0.2, 0) is 0 Å². The minimum Gasteiger partial charge on any atom is -0.423 e. The van der Waals surface area contributed by atoms with Crippen LogP contribution < -0.4 is 4.90 Å². The standard InChI is InChI=1S/C12H13BrN2O/c13-8-9-4-3-7-15(9)12-14-10-5-1-2-6-11(10)16-12/h1-2,5-6,9H,3-4,7-8H2/t9-/m0/s1. The molecule has 0 saturated carbocycles. The lowest BCUT2D eigenvalue weighted by Gasteiger charge is -2.20. The van der Waals surface area contributed by atoms with Crippen molar-refractivity contribution in [2.24, 2.45) is 0 Å². The van der Waals surface area contributed by atoms with Crippen molar-refractivity contribution in [3.63, 3.8) is 0 Å². The Morgan fingerprint density at radius 2 is 2.31 bits per heavy atom. The average Bonchev–Trinajstić information content (AvgIpc) is 2.94. The lowest BCUT2D eigenvalue weighted by atomic mass is 10.2. The fourth-order valence-electron chi connectivity index (χ4n) is 2.23. The van der Waals surface area contributed by atoms with E-state index in [1.165, 1.54) is 12.8 Å².